The molecule has 0 aliphatic rings. The van der Waals surface area contributed by atoms with Crippen LogP contribution < -0.4 is 5.32 Å². The van der Waals surface area contributed by atoms with Gasteiger partial charge in [-0.15, -0.1) is 0 Å². The number of likely N-dealkylation sites (N-methyl/N-ethyl adjacent to an activating group) is 2. The fourth-order valence-electron chi connectivity index (χ4n) is 0.361. The van der Waals surface area contributed by atoms with Crippen molar-refractivity contribution in [2.75, 3.05) is 34.3 Å². The van der Waals surface area contributed by atoms with Crippen molar-refractivity contribution in [2.24, 2.45) is 0 Å². The van der Waals surface area contributed by atoms with Crippen molar-refractivity contribution < 1.29 is 4.84 Å². The maximum Gasteiger partial charge on any atom is 0.0575 e. The maximum atomic E-state index is 4.85. The van der Waals surface area contributed by atoms with E-state index >= 15 is 0 Å². The summed E-state index contributed by atoms with van der Waals surface area (Å²) in [7, 11) is 5.48. The third kappa shape index (κ3) is 4.05. The predicted octanol–water partition coefficient (Wildman–Crippen LogP) is -0.301. The molecule has 0 aromatic heterocycles. The van der Waals surface area contributed by atoms with Gasteiger partial charge in [0.15, 0.2) is 0 Å². The minimum absolute atomic E-state index is 0.924. The van der Waals surface area contributed by atoms with Crippen LogP contribution >= 0.6 is 0 Å². The van der Waals surface area contributed by atoms with Gasteiger partial charge in [-0.3, -0.25) is 0 Å². The molecule has 3 heteroatoms. The van der Waals surface area contributed by atoms with Gasteiger partial charge in [-0.2, -0.15) is 5.06 Å². The van der Waals surface area contributed by atoms with Crippen molar-refractivity contribution in [3.8, 4) is 0 Å². The number of hydrogen-bond donors (Lipinski definition) is 1. The second-order valence-corrected chi connectivity index (χ2v) is 1.64. The molecule has 0 saturated carbocycles. The Kier molecular flexibility index (Phi) is 4.95. The predicted molar refractivity (Wildman–Crippen MR) is 33.6 cm³/mol. The van der Waals surface area contributed by atoms with E-state index in [1.807, 2.05) is 14.1 Å². The normalized spacial score (nSPS) is 10.5. The van der Waals surface area contributed by atoms with Gasteiger partial charge in [0.25, 0.3) is 0 Å². The highest BCUT2D eigenvalue weighted by molar-refractivity contribution is 4.39. The van der Waals surface area contributed by atoms with Crippen molar-refractivity contribution in [3.63, 3.8) is 0 Å². The summed E-state index contributed by atoms with van der Waals surface area (Å²) in [5.74, 6) is 0. The molecule has 0 aromatic rings. The summed E-state index contributed by atoms with van der Waals surface area (Å²) in [5.41, 5.74) is 0. The maximum absolute atomic E-state index is 4.85. The van der Waals surface area contributed by atoms with E-state index in [-0.39, 0.29) is 0 Å². The molecule has 0 atom stereocenters. The van der Waals surface area contributed by atoms with E-state index in [9.17, 15) is 0 Å². The molecular weight excluding hydrogens is 104 g/mol. The van der Waals surface area contributed by atoms with Crippen LogP contribution in [0.5, 0.6) is 0 Å². The van der Waals surface area contributed by atoms with Crippen LogP contribution in [0.1, 0.15) is 0 Å². The highest BCUT2D eigenvalue weighted by atomic mass is 16.7. The second-order valence-electron chi connectivity index (χ2n) is 1.64. The van der Waals surface area contributed by atoms with Gasteiger partial charge in [-0.1, -0.05) is 0 Å². The van der Waals surface area contributed by atoms with Crippen LogP contribution in [0.15, 0.2) is 0 Å². The van der Waals surface area contributed by atoms with E-state index in [0.29, 0.717) is 0 Å². The molecule has 8 heavy (non-hydrogen) atoms. The first-order valence-electron chi connectivity index (χ1n) is 2.71. The van der Waals surface area contributed by atoms with E-state index < -0.39 is 0 Å². The first kappa shape index (κ1) is 7.88. The Morgan fingerprint density at radius 2 is 2.25 bits per heavy atom. The summed E-state index contributed by atoms with van der Waals surface area (Å²) in [6.45, 7) is 1.89. The number of hydroxylamine groups is 2. The summed E-state index contributed by atoms with van der Waals surface area (Å²) in [6.07, 6.45) is 0. The Bertz CT molecular complexity index is 49.7. The van der Waals surface area contributed by atoms with Crippen molar-refractivity contribution in [3.05, 3.63) is 0 Å². The topological polar surface area (TPSA) is 24.5 Å². The first-order chi connectivity index (χ1) is 3.81. The minimum Gasteiger partial charge on any atom is -0.318 e. The average molecular weight is 118 g/mol. The van der Waals surface area contributed by atoms with Crippen LogP contribution in [-0.4, -0.2) is 39.4 Å². The zero-order chi connectivity index (χ0) is 6.41. The quantitative estimate of drug-likeness (QED) is 0.513. The SMILES string of the molecule is CNCCN(C)OC. The van der Waals surface area contributed by atoms with E-state index in [2.05, 4.69) is 5.32 Å². The van der Waals surface area contributed by atoms with Crippen LogP contribution in [0.4, 0.5) is 0 Å². The zero-order valence-electron chi connectivity index (χ0n) is 5.77. The lowest BCUT2D eigenvalue weighted by Gasteiger charge is -2.11. The summed E-state index contributed by atoms with van der Waals surface area (Å²) in [5, 5.41) is 4.79. The molecule has 3 nitrogen and oxygen atoms in total. The van der Waals surface area contributed by atoms with Gasteiger partial charge in [-0.05, 0) is 7.05 Å². The minimum atomic E-state index is 0.924. The molecule has 0 rings (SSSR count). The van der Waals surface area contributed by atoms with E-state index in [1.165, 1.54) is 0 Å². The molecule has 0 amide bonds. The summed E-state index contributed by atoms with van der Waals surface area (Å²) in [4.78, 5) is 4.85. The van der Waals surface area contributed by atoms with Gasteiger partial charge in [0, 0.05) is 20.1 Å². The molecule has 0 aliphatic heterocycles. The van der Waals surface area contributed by atoms with Gasteiger partial charge in [0.1, 0.15) is 0 Å². The van der Waals surface area contributed by atoms with Crippen molar-refractivity contribution in [1.82, 2.24) is 10.4 Å². The van der Waals surface area contributed by atoms with Gasteiger partial charge in [0.05, 0.1) is 7.11 Å². The molecule has 0 spiro atoms. The van der Waals surface area contributed by atoms with E-state index in [1.54, 1.807) is 12.2 Å². The van der Waals surface area contributed by atoms with Gasteiger partial charge >= 0.3 is 0 Å². The lowest BCUT2D eigenvalue weighted by Crippen LogP contribution is -2.26. The summed E-state index contributed by atoms with van der Waals surface area (Å²) >= 11 is 0. The Balaban J connectivity index is 2.86. The third-order valence-electron chi connectivity index (χ3n) is 0.988. The van der Waals surface area contributed by atoms with Crippen LogP contribution in [0.25, 0.3) is 0 Å². The number of rotatable bonds is 4. The largest absolute Gasteiger partial charge is 0.318 e. The van der Waals surface area contributed by atoms with Crippen molar-refractivity contribution >= 4 is 0 Å². The molecule has 0 saturated heterocycles. The van der Waals surface area contributed by atoms with E-state index in [4.69, 9.17) is 4.84 Å². The Morgan fingerprint density at radius 1 is 1.62 bits per heavy atom. The van der Waals surface area contributed by atoms with Crippen molar-refractivity contribution in [2.45, 2.75) is 0 Å². The monoisotopic (exact) mass is 118 g/mol. The van der Waals surface area contributed by atoms with E-state index in [0.717, 1.165) is 13.1 Å². The molecule has 0 unspecified atom stereocenters. The highest BCUT2D eigenvalue weighted by Crippen LogP contribution is 1.75. The lowest BCUT2D eigenvalue weighted by molar-refractivity contribution is -0.107. The molecule has 0 fully saturated rings. The first-order valence-corrected chi connectivity index (χ1v) is 2.71. The van der Waals surface area contributed by atoms with Gasteiger partial charge in [0.2, 0.25) is 0 Å². The second kappa shape index (κ2) is 5.03. The summed E-state index contributed by atoms with van der Waals surface area (Å²) in [6, 6.07) is 0. The zero-order valence-corrected chi connectivity index (χ0v) is 5.77. The smallest absolute Gasteiger partial charge is 0.0575 e. The Labute approximate surface area is 50.6 Å². The van der Waals surface area contributed by atoms with Crippen LogP contribution in [0.3, 0.4) is 0 Å². The van der Waals surface area contributed by atoms with Crippen LogP contribution in [0.2, 0.25) is 0 Å². The fraction of sp³-hybridized carbons (Fsp3) is 1.00. The Hall–Kier alpha value is -0.120. The van der Waals surface area contributed by atoms with Gasteiger partial charge in [-0.25, -0.2) is 0 Å². The molecular formula is C5H14N2O. The molecule has 0 radical (unpaired) electrons. The van der Waals surface area contributed by atoms with Crippen molar-refractivity contribution in [1.29, 1.82) is 0 Å². The fourth-order valence-corrected chi connectivity index (χ4v) is 0.361. The number of hydrogen-bond acceptors (Lipinski definition) is 3. The number of nitrogens with one attached hydrogen (secondary N) is 1. The van der Waals surface area contributed by atoms with Gasteiger partial charge < -0.3 is 10.2 Å². The standard InChI is InChI=1S/C5H14N2O/c1-6-4-5-7(2)8-3/h6H,4-5H2,1-3H3. The highest BCUT2D eigenvalue weighted by Gasteiger charge is 1.89. The lowest BCUT2D eigenvalue weighted by atomic mass is 10.6. The third-order valence-corrected chi connectivity index (χ3v) is 0.988. The number of nitrogens with zero attached hydrogens (tertiary/aromatic N) is 1. The Morgan fingerprint density at radius 3 is 2.62 bits per heavy atom. The van der Waals surface area contributed by atoms with Crippen LogP contribution in [0, 0.1) is 0 Å². The summed E-state index contributed by atoms with van der Waals surface area (Å²) < 4.78 is 0. The molecule has 0 bridgehead atoms. The molecule has 50 valence electrons. The average Bonchev–Trinajstić information content (AvgIpc) is 1.83. The molecule has 0 heterocycles. The molecule has 0 aliphatic carbocycles. The molecule has 1 N–H and O–H groups in total. The molecule has 0 aromatic carbocycles. The van der Waals surface area contributed by atoms with Crippen LogP contribution in [-0.2, 0) is 4.84 Å².